The smallest absolute Gasteiger partial charge is 0.277 e. The zero-order valence-corrected chi connectivity index (χ0v) is 21.2. The van der Waals surface area contributed by atoms with E-state index in [9.17, 15) is 14.4 Å². The van der Waals surface area contributed by atoms with Crippen LogP contribution in [0.1, 0.15) is 57.5 Å². The fraction of sp³-hybridized carbons (Fsp3) is 0.440. The van der Waals surface area contributed by atoms with Crippen molar-refractivity contribution in [1.29, 1.82) is 0 Å². The van der Waals surface area contributed by atoms with E-state index in [1.165, 1.54) is 29.3 Å². The summed E-state index contributed by atoms with van der Waals surface area (Å²) in [6, 6.07) is 6.90. The van der Waals surface area contributed by atoms with E-state index in [2.05, 4.69) is 16.9 Å². The molecule has 0 radical (unpaired) electrons. The van der Waals surface area contributed by atoms with Gasteiger partial charge in [-0.2, -0.15) is 0 Å². The Hall–Kier alpha value is -3.27. The van der Waals surface area contributed by atoms with Crippen LogP contribution in [0.2, 0.25) is 0 Å². The molecule has 4 aromatic rings. The number of aromatic nitrogens is 6. The van der Waals surface area contributed by atoms with Crippen LogP contribution in [0, 0.1) is 0 Å². The summed E-state index contributed by atoms with van der Waals surface area (Å²) in [7, 11) is 1.48. The summed E-state index contributed by atoms with van der Waals surface area (Å²) in [4.78, 5) is 52.5. The minimum Gasteiger partial charge on any atom is -0.277 e. The third-order valence-electron chi connectivity index (χ3n) is 5.88. The molecule has 0 aromatic carbocycles. The number of nitrogens with zero attached hydrogens (tertiary/aromatic N) is 6. The first-order valence-corrected chi connectivity index (χ1v) is 13.0. The van der Waals surface area contributed by atoms with Crippen molar-refractivity contribution < 1.29 is 0 Å². The second-order valence-electron chi connectivity index (χ2n) is 8.56. The molecular formula is C25H30N6O3S. The number of thioether (sulfide) groups is 1. The lowest BCUT2D eigenvalue weighted by atomic mass is 10.1. The highest BCUT2D eigenvalue weighted by atomic mass is 32.2. The summed E-state index contributed by atoms with van der Waals surface area (Å²) in [6.45, 7) is 4.60. The van der Waals surface area contributed by atoms with E-state index in [-0.39, 0.29) is 11.2 Å². The first-order valence-electron chi connectivity index (χ1n) is 12.0. The summed E-state index contributed by atoms with van der Waals surface area (Å²) in [5.41, 5.74) is 0.593. The lowest BCUT2D eigenvalue weighted by molar-refractivity contribution is 0.602. The first-order chi connectivity index (χ1) is 16.9. The van der Waals surface area contributed by atoms with Crippen LogP contribution in [0.25, 0.3) is 16.7 Å². The van der Waals surface area contributed by atoms with Gasteiger partial charge in [0.2, 0.25) is 0 Å². The van der Waals surface area contributed by atoms with Crippen molar-refractivity contribution in [3.8, 4) is 0 Å². The molecule has 35 heavy (non-hydrogen) atoms. The quantitative estimate of drug-likeness (QED) is 0.189. The summed E-state index contributed by atoms with van der Waals surface area (Å²) in [5.74, 6) is 0.984. The molecule has 10 heteroatoms. The van der Waals surface area contributed by atoms with Crippen molar-refractivity contribution in [1.82, 2.24) is 28.5 Å². The molecule has 0 fully saturated rings. The van der Waals surface area contributed by atoms with Gasteiger partial charge in [-0.05, 0) is 25.0 Å². The first kappa shape index (κ1) is 24.8. The van der Waals surface area contributed by atoms with Gasteiger partial charge in [-0.1, -0.05) is 50.9 Å². The second-order valence-corrected chi connectivity index (χ2v) is 9.52. The molecule has 0 saturated heterocycles. The van der Waals surface area contributed by atoms with Gasteiger partial charge in [0.1, 0.15) is 21.9 Å². The molecule has 0 N–H and O–H groups in total. The van der Waals surface area contributed by atoms with Crippen LogP contribution in [0.4, 0.5) is 0 Å². The van der Waals surface area contributed by atoms with Gasteiger partial charge < -0.3 is 0 Å². The third-order valence-corrected chi connectivity index (χ3v) is 6.89. The highest BCUT2D eigenvalue weighted by Gasteiger charge is 2.19. The van der Waals surface area contributed by atoms with Crippen LogP contribution < -0.4 is 16.8 Å². The van der Waals surface area contributed by atoms with Crippen LogP contribution in [-0.4, -0.2) is 28.5 Å². The standard InChI is InChI=1S/C25H30N6O3S/c1-4-6-7-8-11-18-27-22-21(24(33)29(3)25(34)31(22)13-5-2)23(28-18)35-16-17-15-20(32)30-14-10-9-12-19(30)26-17/h9-10,12,14-15H,4-8,11,13,16H2,1-3H3. The topological polar surface area (TPSA) is 104 Å². The monoisotopic (exact) mass is 494 g/mol. The lowest BCUT2D eigenvalue weighted by Gasteiger charge is -2.14. The maximum Gasteiger partial charge on any atom is 0.332 e. The Balaban J connectivity index is 1.79. The number of hydrogen-bond acceptors (Lipinski definition) is 7. The fourth-order valence-electron chi connectivity index (χ4n) is 4.05. The molecule has 4 rings (SSSR count). The zero-order valence-electron chi connectivity index (χ0n) is 20.4. The normalized spacial score (nSPS) is 11.5. The largest absolute Gasteiger partial charge is 0.332 e. The number of aryl methyl sites for hydroxylation is 2. The molecule has 184 valence electrons. The Morgan fingerprint density at radius 2 is 1.80 bits per heavy atom. The van der Waals surface area contributed by atoms with Crippen molar-refractivity contribution in [2.24, 2.45) is 7.05 Å². The van der Waals surface area contributed by atoms with E-state index < -0.39 is 5.56 Å². The van der Waals surface area contributed by atoms with Gasteiger partial charge in [0, 0.05) is 38.0 Å². The summed E-state index contributed by atoms with van der Waals surface area (Å²) >= 11 is 1.34. The number of hydrogen-bond donors (Lipinski definition) is 0. The summed E-state index contributed by atoms with van der Waals surface area (Å²) in [6.07, 6.45) is 7.37. The van der Waals surface area contributed by atoms with Crippen molar-refractivity contribution in [2.45, 2.75) is 69.7 Å². The van der Waals surface area contributed by atoms with Gasteiger partial charge in [0.05, 0.1) is 5.69 Å². The van der Waals surface area contributed by atoms with Gasteiger partial charge in [0.25, 0.3) is 11.1 Å². The Labute approximate surface area is 206 Å². The van der Waals surface area contributed by atoms with E-state index in [0.717, 1.165) is 36.7 Å². The van der Waals surface area contributed by atoms with Crippen LogP contribution in [0.15, 0.2) is 49.9 Å². The molecule has 9 nitrogen and oxygen atoms in total. The van der Waals surface area contributed by atoms with Gasteiger partial charge >= 0.3 is 5.69 Å². The Morgan fingerprint density at radius 1 is 0.971 bits per heavy atom. The van der Waals surface area contributed by atoms with Crippen LogP contribution in [0.5, 0.6) is 0 Å². The Morgan fingerprint density at radius 3 is 2.57 bits per heavy atom. The fourth-order valence-corrected chi connectivity index (χ4v) is 4.98. The van der Waals surface area contributed by atoms with Crippen molar-refractivity contribution in [2.75, 3.05) is 0 Å². The Kier molecular flexibility index (Phi) is 7.80. The average molecular weight is 495 g/mol. The summed E-state index contributed by atoms with van der Waals surface area (Å²) in [5, 5.41) is 0.848. The predicted molar refractivity (Wildman–Crippen MR) is 138 cm³/mol. The number of fused-ring (bicyclic) bond motifs is 2. The third kappa shape index (κ3) is 5.22. The molecule has 0 aliphatic carbocycles. The average Bonchev–Trinajstić information content (AvgIpc) is 2.86. The molecule has 0 unspecified atom stereocenters. The van der Waals surface area contributed by atoms with E-state index in [1.807, 2.05) is 13.0 Å². The molecule has 0 amide bonds. The second kappa shape index (κ2) is 11.0. The molecule has 4 heterocycles. The van der Waals surface area contributed by atoms with Crippen molar-refractivity contribution >= 4 is 28.4 Å². The van der Waals surface area contributed by atoms with Crippen LogP contribution >= 0.6 is 11.8 Å². The van der Waals surface area contributed by atoms with E-state index in [0.29, 0.717) is 51.9 Å². The van der Waals surface area contributed by atoms with Gasteiger partial charge in [-0.15, -0.1) is 0 Å². The summed E-state index contributed by atoms with van der Waals surface area (Å²) < 4.78 is 4.17. The van der Waals surface area contributed by atoms with E-state index in [1.54, 1.807) is 22.9 Å². The maximum atomic E-state index is 13.2. The highest BCUT2D eigenvalue weighted by molar-refractivity contribution is 7.98. The van der Waals surface area contributed by atoms with Crippen molar-refractivity contribution in [3.05, 3.63) is 73.2 Å². The zero-order chi connectivity index (χ0) is 24.9. The molecule has 4 aromatic heterocycles. The molecule has 0 atom stereocenters. The molecule has 0 spiro atoms. The molecule has 0 bridgehead atoms. The molecule has 0 aliphatic rings. The minimum absolute atomic E-state index is 0.164. The van der Waals surface area contributed by atoms with Gasteiger partial charge in [0.15, 0.2) is 5.65 Å². The van der Waals surface area contributed by atoms with Gasteiger partial charge in [-0.3, -0.25) is 23.1 Å². The lowest BCUT2D eigenvalue weighted by Crippen LogP contribution is -2.39. The van der Waals surface area contributed by atoms with Crippen molar-refractivity contribution in [3.63, 3.8) is 0 Å². The van der Waals surface area contributed by atoms with E-state index >= 15 is 0 Å². The molecular weight excluding hydrogens is 464 g/mol. The number of pyridine rings is 1. The van der Waals surface area contributed by atoms with Gasteiger partial charge in [-0.25, -0.2) is 19.7 Å². The SMILES string of the molecule is CCCCCCc1nc(SCc2cc(=O)n3ccccc3n2)c2c(=O)n(C)c(=O)n(CCC)c2n1. The Bertz CT molecular complexity index is 1540. The number of rotatable bonds is 10. The highest BCUT2D eigenvalue weighted by Crippen LogP contribution is 2.26. The van der Waals surface area contributed by atoms with E-state index in [4.69, 9.17) is 4.98 Å². The number of unbranched alkanes of at least 4 members (excludes halogenated alkanes) is 3. The predicted octanol–water partition coefficient (Wildman–Crippen LogP) is 3.32. The maximum absolute atomic E-state index is 13.2. The minimum atomic E-state index is -0.413. The molecule has 0 saturated carbocycles. The van der Waals surface area contributed by atoms with Crippen LogP contribution in [0.3, 0.4) is 0 Å². The van der Waals surface area contributed by atoms with Crippen LogP contribution in [-0.2, 0) is 25.8 Å². The molecule has 0 aliphatic heterocycles.